The van der Waals surface area contributed by atoms with E-state index in [0.29, 0.717) is 22.9 Å². The SMILES string of the molecule is OC(Cn1cnnn1)(c1ccc(F)cc1F)C(F)(F)c1ccc(C#Cc2ccc(OCc3ccc(F)s3)cc2)cn1. The fraction of sp³-hybridized carbons (Fsp3) is 0.143. The second kappa shape index (κ2) is 11.4. The van der Waals surface area contributed by atoms with Crippen molar-refractivity contribution < 1.29 is 31.8 Å². The Morgan fingerprint density at radius 1 is 0.927 bits per heavy atom. The van der Waals surface area contributed by atoms with Gasteiger partial charge in [0.2, 0.25) is 0 Å². The van der Waals surface area contributed by atoms with E-state index in [9.17, 15) is 18.3 Å². The Kier molecular flexibility index (Phi) is 7.78. The Balaban J connectivity index is 1.34. The van der Waals surface area contributed by atoms with Crippen molar-refractivity contribution in [2.24, 2.45) is 0 Å². The lowest BCUT2D eigenvalue weighted by molar-refractivity contribution is -0.207. The van der Waals surface area contributed by atoms with E-state index in [2.05, 4.69) is 32.4 Å². The number of aromatic nitrogens is 5. The van der Waals surface area contributed by atoms with E-state index in [1.807, 2.05) is 0 Å². The Bertz CT molecular complexity index is 1700. The number of rotatable bonds is 8. The largest absolute Gasteiger partial charge is 0.488 e. The number of tetrazole rings is 1. The first-order valence-electron chi connectivity index (χ1n) is 11.9. The van der Waals surface area contributed by atoms with Crippen molar-refractivity contribution in [1.29, 1.82) is 0 Å². The minimum atomic E-state index is -4.17. The summed E-state index contributed by atoms with van der Waals surface area (Å²) in [5.74, 6) is -0.300. The summed E-state index contributed by atoms with van der Waals surface area (Å²) in [4.78, 5) is 4.52. The maximum atomic E-state index is 15.8. The molecule has 1 N–H and O–H groups in total. The van der Waals surface area contributed by atoms with E-state index >= 15 is 8.78 Å². The second-order valence-electron chi connectivity index (χ2n) is 8.77. The van der Waals surface area contributed by atoms with Gasteiger partial charge in [0.25, 0.3) is 0 Å². The molecule has 0 saturated heterocycles. The van der Waals surface area contributed by atoms with E-state index in [1.165, 1.54) is 12.1 Å². The van der Waals surface area contributed by atoms with Crippen LogP contribution in [0.4, 0.5) is 22.0 Å². The fourth-order valence-corrected chi connectivity index (χ4v) is 4.53. The lowest BCUT2D eigenvalue weighted by Crippen LogP contribution is -2.48. The number of ether oxygens (including phenoxy) is 1. The highest BCUT2D eigenvalue weighted by Gasteiger charge is 2.58. The maximum Gasteiger partial charge on any atom is 0.323 e. The summed E-state index contributed by atoms with van der Waals surface area (Å²) in [6, 6.07) is 13.9. The van der Waals surface area contributed by atoms with Crippen LogP contribution in [0.1, 0.15) is 27.3 Å². The highest BCUT2D eigenvalue weighted by atomic mass is 32.1. The second-order valence-corrected chi connectivity index (χ2v) is 9.89. The Hall–Kier alpha value is -4.67. The van der Waals surface area contributed by atoms with Crippen molar-refractivity contribution in [3.8, 4) is 17.6 Å². The minimum Gasteiger partial charge on any atom is -0.488 e. The lowest BCUT2D eigenvalue weighted by atomic mass is 9.84. The molecule has 0 bridgehead atoms. The van der Waals surface area contributed by atoms with Crippen molar-refractivity contribution in [2.75, 3.05) is 0 Å². The van der Waals surface area contributed by atoms with Crippen molar-refractivity contribution in [2.45, 2.75) is 24.7 Å². The van der Waals surface area contributed by atoms with Crippen LogP contribution in [0.15, 0.2) is 79.3 Å². The number of hydrogen-bond donors (Lipinski definition) is 1. The van der Waals surface area contributed by atoms with Crippen LogP contribution in [0.2, 0.25) is 0 Å². The van der Waals surface area contributed by atoms with Crippen molar-refractivity contribution in [3.63, 3.8) is 0 Å². The van der Waals surface area contributed by atoms with Crippen LogP contribution in [0, 0.1) is 28.6 Å². The molecular formula is C28H18F5N5O2S. The monoisotopic (exact) mass is 583 g/mol. The molecule has 0 spiro atoms. The fourth-order valence-electron chi connectivity index (χ4n) is 3.89. The standard InChI is InChI=1S/C28H18F5N5O2S/c29-20-6-10-23(24(30)13-20)27(39,16-38-17-35-36-37-38)28(32,33)25-11-5-19(14-34-25)2-1-18-3-7-21(8-4-18)40-15-22-9-12-26(31)41-22/h3-14,17,39H,15-16H2. The summed E-state index contributed by atoms with van der Waals surface area (Å²) in [5, 5.41) is 21.1. The highest BCUT2D eigenvalue weighted by Crippen LogP contribution is 2.46. The van der Waals surface area contributed by atoms with Gasteiger partial charge in [0.15, 0.2) is 10.7 Å². The summed E-state index contributed by atoms with van der Waals surface area (Å²) in [6.07, 6.45) is 2.06. The lowest BCUT2D eigenvalue weighted by Gasteiger charge is -2.35. The number of nitrogens with zero attached hydrogens (tertiary/aromatic N) is 5. The van der Waals surface area contributed by atoms with Crippen molar-refractivity contribution >= 4 is 11.3 Å². The molecule has 0 aliphatic rings. The molecule has 5 rings (SSSR count). The first kappa shape index (κ1) is 27.9. The molecule has 0 fully saturated rings. The molecule has 3 aromatic heterocycles. The molecular weight excluding hydrogens is 565 g/mol. The van der Waals surface area contributed by atoms with Gasteiger partial charge in [-0.2, -0.15) is 13.2 Å². The van der Waals surface area contributed by atoms with Crippen LogP contribution in [-0.2, 0) is 24.7 Å². The van der Waals surface area contributed by atoms with Gasteiger partial charge in [-0.3, -0.25) is 4.98 Å². The summed E-state index contributed by atoms with van der Waals surface area (Å²) >= 11 is 1.00. The van der Waals surface area contributed by atoms with Gasteiger partial charge >= 0.3 is 5.92 Å². The first-order valence-corrected chi connectivity index (χ1v) is 12.7. The maximum absolute atomic E-state index is 15.8. The van der Waals surface area contributed by atoms with Gasteiger partial charge < -0.3 is 9.84 Å². The number of halogens is 5. The molecule has 0 aliphatic heterocycles. The van der Waals surface area contributed by atoms with Gasteiger partial charge in [0.05, 0.1) is 6.54 Å². The minimum absolute atomic E-state index is 0.223. The van der Waals surface area contributed by atoms with Crippen LogP contribution < -0.4 is 4.74 Å². The van der Waals surface area contributed by atoms with Gasteiger partial charge in [-0.15, -0.1) is 16.4 Å². The zero-order chi connectivity index (χ0) is 29.0. The quantitative estimate of drug-likeness (QED) is 0.200. The van der Waals surface area contributed by atoms with Crippen molar-refractivity contribution in [1.82, 2.24) is 25.2 Å². The molecule has 2 aromatic carbocycles. The zero-order valence-electron chi connectivity index (χ0n) is 20.8. The van der Waals surface area contributed by atoms with E-state index in [0.717, 1.165) is 51.6 Å². The van der Waals surface area contributed by atoms with Gasteiger partial charge in [-0.05, 0) is 71.1 Å². The van der Waals surface area contributed by atoms with Gasteiger partial charge in [-0.1, -0.05) is 11.8 Å². The van der Waals surface area contributed by atoms with Crippen LogP contribution in [0.3, 0.4) is 0 Å². The predicted octanol–water partition coefficient (Wildman–Crippen LogP) is 5.21. The van der Waals surface area contributed by atoms with Crippen LogP contribution in [0.5, 0.6) is 5.75 Å². The molecule has 1 unspecified atom stereocenters. The van der Waals surface area contributed by atoms with Gasteiger partial charge in [0, 0.05) is 33.8 Å². The number of alkyl halides is 2. The molecule has 41 heavy (non-hydrogen) atoms. The third-order valence-electron chi connectivity index (χ3n) is 5.98. The molecule has 0 saturated carbocycles. The number of thiophene rings is 1. The van der Waals surface area contributed by atoms with Crippen LogP contribution in [0.25, 0.3) is 0 Å². The van der Waals surface area contributed by atoms with Crippen molar-refractivity contribution in [3.05, 3.63) is 123 Å². The first-order chi connectivity index (χ1) is 19.6. The molecule has 1 atom stereocenters. The Labute approximate surface area is 233 Å². The zero-order valence-corrected chi connectivity index (χ0v) is 21.6. The van der Waals surface area contributed by atoms with E-state index in [4.69, 9.17) is 4.74 Å². The molecule has 5 aromatic rings. The third kappa shape index (κ3) is 6.08. The Morgan fingerprint density at radius 3 is 2.32 bits per heavy atom. The van der Waals surface area contributed by atoms with Crippen LogP contribution in [-0.4, -0.2) is 30.3 Å². The third-order valence-corrected chi connectivity index (χ3v) is 6.83. The van der Waals surface area contributed by atoms with E-state index in [1.54, 1.807) is 30.3 Å². The predicted molar refractivity (Wildman–Crippen MR) is 137 cm³/mol. The van der Waals surface area contributed by atoms with Gasteiger partial charge in [0.1, 0.15) is 36.0 Å². The highest BCUT2D eigenvalue weighted by molar-refractivity contribution is 7.10. The smallest absolute Gasteiger partial charge is 0.323 e. The molecule has 3 heterocycles. The summed E-state index contributed by atoms with van der Waals surface area (Å²) in [6.45, 7) is -0.733. The summed E-state index contributed by atoms with van der Waals surface area (Å²) in [7, 11) is 0. The molecule has 0 radical (unpaired) electrons. The van der Waals surface area contributed by atoms with E-state index in [-0.39, 0.29) is 11.7 Å². The van der Waals surface area contributed by atoms with Crippen LogP contribution >= 0.6 is 11.3 Å². The number of aliphatic hydroxyl groups is 1. The average molecular weight is 584 g/mol. The number of pyridine rings is 1. The topological polar surface area (TPSA) is 86.0 Å². The summed E-state index contributed by atoms with van der Waals surface area (Å²) in [5.41, 5.74) is -4.07. The summed E-state index contributed by atoms with van der Waals surface area (Å²) < 4.78 is 79.3. The van der Waals surface area contributed by atoms with Gasteiger partial charge in [-0.25, -0.2) is 13.5 Å². The number of benzene rings is 2. The molecule has 208 valence electrons. The number of hydrogen-bond acceptors (Lipinski definition) is 7. The molecule has 7 nitrogen and oxygen atoms in total. The molecule has 0 aliphatic carbocycles. The average Bonchev–Trinajstić information content (AvgIpc) is 3.62. The Morgan fingerprint density at radius 2 is 1.68 bits per heavy atom. The normalized spacial score (nSPS) is 12.8. The van der Waals surface area contributed by atoms with E-state index < -0.39 is 41.0 Å². The molecule has 13 heteroatoms. The molecule has 0 amide bonds.